The van der Waals surface area contributed by atoms with E-state index in [2.05, 4.69) is 27.1 Å². The van der Waals surface area contributed by atoms with Crippen LogP contribution in [0.15, 0.2) is 30.5 Å². The Morgan fingerprint density at radius 1 is 1.11 bits per heavy atom. The molecule has 1 aliphatic heterocycles. The van der Waals surface area contributed by atoms with Crippen molar-refractivity contribution in [3.63, 3.8) is 0 Å². The number of carbonyl (C=O) groups excluding carboxylic acids is 1. The summed E-state index contributed by atoms with van der Waals surface area (Å²) in [5.74, 6) is -0.412. The zero-order valence-corrected chi connectivity index (χ0v) is 15.4. The summed E-state index contributed by atoms with van der Waals surface area (Å²) in [6.45, 7) is 8.04. The molecule has 0 bridgehead atoms. The summed E-state index contributed by atoms with van der Waals surface area (Å²) >= 11 is 0. The van der Waals surface area contributed by atoms with E-state index < -0.39 is 0 Å². The van der Waals surface area contributed by atoms with E-state index in [0.717, 1.165) is 30.8 Å². The highest BCUT2D eigenvalue weighted by Crippen LogP contribution is 2.24. The number of benzene rings is 1. The Kier molecular flexibility index (Phi) is 4.57. The molecule has 2 aromatic heterocycles. The molecule has 0 unspecified atom stereocenters. The quantitative estimate of drug-likeness (QED) is 0.708. The maximum absolute atomic E-state index is 13.2. The zero-order valence-electron chi connectivity index (χ0n) is 15.4. The van der Waals surface area contributed by atoms with Crippen LogP contribution in [-0.2, 0) is 0 Å². The number of nitrogens with zero attached hydrogens (tertiary/aromatic N) is 6. The lowest BCUT2D eigenvalue weighted by molar-refractivity contribution is 0.0634. The van der Waals surface area contributed by atoms with Crippen molar-refractivity contribution >= 4 is 11.6 Å². The van der Waals surface area contributed by atoms with Gasteiger partial charge in [-0.15, -0.1) is 10.2 Å². The summed E-state index contributed by atoms with van der Waals surface area (Å²) in [4.78, 5) is 17.0. The molecule has 140 valence electrons. The molecule has 1 amide bonds. The molecule has 1 aliphatic rings. The van der Waals surface area contributed by atoms with Crippen molar-refractivity contribution in [2.24, 2.45) is 0 Å². The number of rotatable bonds is 3. The fourth-order valence-corrected chi connectivity index (χ4v) is 3.40. The van der Waals surface area contributed by atoms with Crippen LogP contribution in [0.4, 0.5) is 4.39 Å². The van der Waals surface area contributed by atoms with Crippen LogP contribution in [-0.4, -0.2) is 68.2 Å². The van der Waals surface area contributed by atoms with Crippen LogP contribution in [0.25, 0.3) is 16.8 Å². The van der Waals surface area contributed by atoms with Crippen molar-refractivity contribution < 1.29 is 9.18 Å². The van der Waals surface area contributed by atoms with Gasteiger partial charge in [-0.05, 0) is 31.2 Å². The van der Waals surface area contributed by atoms with Crippen LogP contribution in [0, 0.1) is 12.7 Å². The molecule has 4 rings (SSSR count). The molecular formula is C19H21FN6O. The van der Waals surface area contributed by atoms with Crippen LogP contribution in [0.5, 0.6) is 0 Å². The van der Waals surface area contributed by atoms with Crippen molar-refractivity contribution in [2.45, 2.75) is 13.8 Å². The van der Waals surface area contributed by atoms with Gasteiger partial charge in [0.1, 0.15) is 5.82 Å². The minimum absolute atomic E-state index is 0.114. The first-order valence-electron chi connectivity index (χ1n) is 9.07. The largest absolute Gasteiger partial charge is 0.335 e. The van der Waals surface area contributed by atoms with Crippen molar-refractivity contribution in [1.82, 2.24) is 29.6 Å². The lowest BCUT2D eigenvalue weighted by Crippen LogP contribution is -2.48. The Labute approximate surface area is 156 Å². The Bertz CT molecular complexity index is 976. The first-order valence-corrected chi connectivity index (χ1v) is 9.07. The van der Waals surface area contributed by atoms with Gasteiger partial charge in [-0.3, -0.25) is 4.79 Å². The van der Waals surface area contributed by atoms with Gasteiger partial charge in [-0.2, -0.15) is 5.10 Å². The molecule has 1 aromatic carbocycles. The lowest BCUT2D eigenvalue weighted by atomic mass is 10.1. The van der Waals surface area contributed by atoms with E-state index in [1.807, 2.05) is 11.8 Å². The molecule has 3 heterocycles. The summed E-state index contributed by atoms with van der Waals surface area (Å²) < 4.78 is 14.8. The number of hydrogen-bond donors (Lipinski definition) is 0. The third-order valence-electron chi connectivity index (χ3n) is 5.11. The van der Waals surface area contributed by atoms with Crippen LogP contribution in [0.3, 0.4) is 0 Å². The molecule has 0 spiro atoms. The number of halogens is 1. The molecule has 7 nitrogen and oxygen atoms in total. The van der Waals surface area contributed by atoms with Crippen molar-refractivity contribution in [3.8, 4) is 11.1 Å². The molecule has 0 radical (unpaired) electrons. The fraction of sp³-hybridized carbons (Fsp3) is 0.368. The molecule has 0 atom stereocenters. The van der Waals surface area contributed by atoms with Crippen molar-refractivity contribution in [1.29, 1.82) is 0 Å². The Hall–Kier alpha value is -2.87. The Morgan fingerprint density at radius 2 is 1.81 bits per heavy atom. The van der Waals surface area contributed by atoms with Gasteiger partial charge in [0.05, 0.1) is 11.9 Å². The highest BCUT2D eigenvalue weighted by molar-refractivity contribution is 5.93. The average Bonchev–Trinajstić information content (AvgIpc) is 3.13. The Morgan fingerprint density at radius 3 is 2.48 bits per heavy atom. The molecule has 8 heteroatoms. The van der Waals surface area contributed by atoms with Crippen LogP contribution in [0.2, 0.25) is 0 Å². The summed E-state index contributed by atoms with van der Waals surface area (Å²) in [6, 6.07) is 6.14. The van der Waals surface area contributed by atoms with E-state index >= 15 is 0 Å². The summed E-state index contributed by atoms with van der Waals surface area (Å²) in [6.07, 6.45) is 1.67. The van der Waals surface area contributed by atoms with E-state index in [1.165, 1.54) is 12.1 Å². The monoisotopic (exact) mass is 368 g/mol. The zero-order chi connectivity index (χ0) is 19.0. The number of aromatic nitrogens is 4. The molecule has 3 aromatic rings. The molecule has 1 saturated heterocycles. The number of piperazine rings is 1. The van der Waals surface area contributed by atoms with Gasteiger partial charge in [0, 0.05) is 31.7 Å². The topological polar surface area (TPSA) is 66.6 Å². The van der Waals surface area contributed by atoms with Gasteiger partial charge in [-0.1, -0.05) is 19.1 Å². The van der Waals surface area contributed by atoms with E-state index in [1.54, 1.807) is 22.8 Å². The van der Waals surface area contributed by atoms with Crippen LogP contribution < -0.4 is 0 Å². The second-order valence-corrected chi connectivity index (χ2v) is 6.66. The first kappa shape index (κ1) is 17.5. The molecule has 1 fully saturated rings. The maximum Gasteiger partial charge on any atom is 0.276 e. The van der Waals surface area contributed by atoms with E-state index in [0.29, 0.717) is 30.1 Å². The molecule has 0 saturated carbocycles. The number of aryl methyl sites for hydroxylation is 1. The smallest absolute Gasteiger partial charge is 0.276 e. The van der Waals surface area contributed by atoms with Gasteiger partial charge in [0.2, 0.25) is 0 Å². The standard InChI is InChI=1S/C19H21FN6O/c1-3-24-8-10-25(11-9-24)19(27)17-13(2)26-18(23-22-17)16(12-21-26)14-4-6-15(20)7-5-14/h4-7,12H,3,8-11H2,1-2H3. The molecular weight excluding hydrogens is 347 g/mol. The number of likely N-dealkylation sites (N-methyl/N-ethyl adjacent to an activating group) is 1. The normalized spacial score (nSPS) is 15.4. The van der Waals surface area contributed by atoms with E-state index in [-0.39, 0.29) is 11.7 Å². The third-order valence-corrected chi connectivity index (χ3v) is 5.11. The Balaban J connectivity index is 1.65. The van der Waals surface area contributed by atoms with E-state index in [4.69, 9.17) is 0 Å². The fourth-order valence-electron chi connectivity index (χ4n) is 3.40. The van der Waals surface area contributed by atoms with Gasteiger partial charge < -0.3 is 9.80 Å². The summed E-state index contributed by atoms with van der Waals surface area (Å²) in [5, 5.41) is 12.8. The first-order chi connectivity index (χ1) is 13.1. The number of amides is 1. The SMILES string of the molecule is CCN1CCN(C(=O)c2nnc3c(-c4ccc(F)cc4)cnn3c2C)CC1. The van der Waals surface area contributed by atoms with Crippen molar-refractivity contribution in [2.75, 3.05) is 32.7 Å². The van der Waals surface area contributed by atoms with Gasteiger partial charge in [0.15, 0.2) is 11.3 Å². The van der Waals surface area contributed by atoms with Crippen LogP contribution >= 0.6 is 0 Å². The number of fused-ring (bicyclic) bond motifs is 1. The highest BCUT2D eigenvalue weighted by Gasteiger charge is 2.25. The van der Waals surface area contributed by atoms with Crippen LogP contribution in [0.1, 0.15) is 23.1 Å². The highest BCUT2D eigenvalue weighted by atomic mass is 19.1. The average molecular weight is 368 g/mol. The van der Waals surface area contributed by atoms with Gasteiger partial charge in [0.25, 0.3) is 5.91 Å². The predicted molar refractivity (Wildman–Crippen MR) is 98.9 cm³/mol. The summed E-state index contributed by atoms with van der Waals surface area (Å²) in [7, 11) is 0. The second-order valence-electron chi connectivity index (χ2n) is 6.66. The third kappa shape index (κ3) is 3.16. The lowest BCUT2D eigenvalue weighted by Gasteiger charge is -2.33. The van der Waals surface area contributed by atoms with Gasteiger partial charge >= 0.3 is 0 Å². The van der Waals surface area contributed by atoms with E-state index in [9.17, 15) is 9.18 Å². The molecule has 0 N–H and O–H groups in total. The number of carbonyl (C=O) groups is 1. The number of hydrogen-bond acceptors (Lipinski definition) is 5. The van der Waals surface area contributed by atoms with Gasteiger partial charge in [-0.25, -0.2) is 8.91 Å². The minimum Gasteiger partial charge on any atom is -0.335 e. The second kappa shape index (κ2) is 7.03. The predicted octanol–water partition coefficient (Wildman–Crippen LogP) is 2.02. The maximum atomic E-state index is 13.2. The summed E-state index contributed by atoms with van der Waals surface area (Å²) in [5.41, 5.74) is 3.07. The minimum atomic E-state index is -0.298. The molecule has 0 aliphatic carbocycles. The van der Waals surface area contributed by atoms with Crippen molar-refractivity contribution in [3.05, 3.63) is 47.7 Å². The molecule has 27 heavy (non-hydrogen) atoms.